The molecule has 0 fully saturated rings. The second kappa shape index (κ2) is 7.53. The van der Waals surface area contributed by atoms with Crippen LogP contribution in [0.4, 0.5) is 5.69 Å². The van der Waals surface area contributed by atoms with Gasteiger partial charge < -0.3 is 4.74 Å². The van der Waals surface area contributed by atoms with Gasteiger partial charge in [-0.25, -0.2) is 8.42 Å². The molecule has 0 spiro atoms. The maximum absolute atomic E-state index is 11.7. The number of hydrogen-bond acceptors (Lipinski definition) is 3. The van der Waals surface area contributed by atoms with Crippen molar-refractivity contribution >= 4 is 39.5 Å². The van der Waals surface area contributed by atoms with Gasteiger partial charge in [-0.15, -0.1) is 0 Å². The summed E-state index contributed by atoms with van der Waals surface area (Å²) in [4.78, 5) is 0. The second-order valence-corrected chi connectivity index (χ2v) is 7.29. The third-order valence-electron chi connectivity index (χ3n) is 3.21. The number of anilines is 1. The average molecular weight is 352 g/mol. The summed E-state index contributed by atoms with van der Waals surface area (Å²) in [5.74, 6) is 0.685. The van der Waals surface area contributed by atoms with Gasteiger partial charge in [-0.3, -0.25) is 4.72 Å². The SMILES string of the molecule is CCS(=O)(=O)Nc1ccc(OC)c(/C=C/c2ccc(Cl)cc2)c1. The van der Waals surface area contributed by atoms with E-state index in [0.29, 0.717) is 16.5 Å². The van der Waals surface area contributed by atoms with Gasteiger partial charge in [0.05, 0.1) is 12.9 Å². The van der Waals surface area contributed by atoms with Crippen LogP contribution in [0.1, 0.15) is 18.1 Å². The van der Waals surface area contributed by atoms with Gasteiger partial charge in [0.1, 0.15) is 5.75 Å². The smallest absolute Gasteiger partial charge is 0.232 e. The van der Waals surface area contributed by atoms with Gasteiger partial charge in [0.25, 0.3) is 0 Å². The molecule has 0 unspecified atom stereocenters. The Kier molecular flexibility index (Phi) is 5.69. The molecule has 2 aromatic carbocycles. The van der Waals surface area contributed by atoms with Gasteiger partial charge in [0, 0.05) is 16.3 Å². The van der Waals surface area contributed by atoms with Crippen LogP contribution < -0.4 is 9.46 Å². The van der Waals surface area contributed by atoms with Crippen LogP contribution in [-0.4, -0.2) is 21.3 Å². The molecule has 23 heavy (non-hydrogen) atoms. The first kappa shape index (κ1) is 17.4. The summed E-state index contributed by atoms with van der Waals surface area (Å²) in [6.07, 6.45) is 3.78. The van der Waals surface area contributed by atoms with Crippen LogP contribution in [0.15, 0.2) is 42.5 Å². The number of benzene rings is 2. The molecule has 0 saturated heterocycles. The van der Waals surface area contributed by atoms with Gasteiger partial charge in [0.2, 0.25) is 10.0 Å². The predicted molar refractivity (Wildman–Crippen MR) is 96.5 cm³/mol. The number of hydrogen-bond donors (Lipinski definition) is 1. The molecule has 0 aromatic heterocycles. The molecule has 0 aliphatic heterocycles. The fourth-order valence-electron chi connectivity index (χ4n) is 1.94. The van der Waals surface area contributed by atoms with Gasteiger partial charge in [-0.2, -0.15) is 0 Å². The van der Waals surface area contributed by atoms with Crippen molar-refractivity contribution in [1.82, 2.24) is 0 Å². The van der Waals surface area contributed by atoms with Crippen molar-refractivity contribution in [3.05, 3.63) is 58.6 Å². The molecule has 0 bridgehead atoms. The summed E-state index contributed by atoms with van der Waals surface area (Å²) < 4.78 is 31.2. The average Bonchev–Trinajstić information content (AvgIpc) is 2.54. The molecule has 122 valence electrons. The van der Waals surface area contributed by atoms with Crippen LogP contribution >= 0.6 is 11.6 Å². The number of methoxy groups -OCH3 is 1. The highest BCUT2D eigenvalue weighted by atomic mass is 35.5. The Morgan fingerprint density at radius 2 is 1.83 bits per heavy atom. The van der Waals surface area contributed by atoms with Crippen molar-refractivity contribution in [2.24, 2.45) is 0 Å². The van der Waals surface area contributed by atoms with Crippen molar-refractivity contribution < 1.29 is 13.2 Å². The lowest BCUT2D eigenvalue weighted by Crippen LogP contribution is -2.14. The third-order valence-corrected chi connectivity index (χ3v) is 4.77. The van der Waals surface area contributed by atoms with Crippen molar-refractivity contribution in [3.63, 3.8) is 0 Å². The summed E-state index contributed by atoms with van der Waals surface area (Å²) in [6, 6.07) is 12.6. The molecule has 1 N–H and O–H groups in total. The summed E-state index contributed by atoms with van der Waals surface area (Å²) in [7, 11) is -1.74. The Labute approximate surface area is 141 Å². The molecular weight excluding hydrogens is 334 g/mol. The first-order chi connectivity index (χ1) is 10.9. The minimum absolute atomic E-state index is 0.0228. The fourth-order valence-corrected chi connectivity index (χ4v) is 2.70. The highest BCUT2D eigenvalue weighted by molar-refractivity contribution is 7.92. The highest BCUT2D eigenvalue weighted by Crippen LogP contribution is 2.25. The molecular formula is C17H18ClNO3S. The van der Waals surface area contributed by atoms with Gasteiger partial charge in [0.15, 0.2) is 0 Å². The number of sulfonamides is 1. The number of rotatable bonds is 6. The zero-order valence-electron chi connectivity index (χ0n) is 12.9. The van der Waals surface area contributed by atoms with E-state index in [9.17, 15) is 8.42 Å². The van der Waals surface area contributed by atoms with Gasteiger partial charge in [-0.1, -0.05) is 35.9 Å². The standard InChI is InChI=1S/C17H18ClNO3S/c1-3-23(20,21)19-16-10-11-17(22-2)14(12-16)7-4-13-5-8-15(18)9-6-13/h4-12,19H,3H2,1-2H3/b7-4+. The maximum atomic E-state index is 11.7. The van der Waals surface area contributed by atoms with Crippen LogP contribution in [0.5, 0.6) is 5.75 Å². The Morgan fingerprint density at radius 3 is 2.43 bits per heavy atom. The molecule has 2 rings (SSSR count). The third kappa shape index (κ3) is 5.01. The minimum Gasteiger partial charge on any atom is -0.496 e. The van der Waals surface area contributed by atoms with E-state index in [1.54, 1.807) is 32.2 Å². The molecule has 6 heteroatoms. The summed E-state index contributed by atoms with van der Waals surface area (Å²) in [5, 5.41) is 0.677. The molecule has 0 aliphatic rings. The van der Waals surface area contributed by atoms with E-state index < -0.39 is 10.0 Å². The van der Waals surface area contributed by atoms with Gasteiger partial charge in [-0.05, 0) is 42.8 Å². The number of halogens is 1. The summed E-state index contributed by atoms with van der Waals surface area (Å²) >= 11 is 5.86. The first-order valence-corrected chi connectivity index (χ1v) is 9.08. The predicted octanol–water partition coefficient (Wildman–Crippen LogP) is 4.28. The van der Waals surface area contributed by atoms with E-state index >= 15 is 0 Å². The molecule has 0 saturated carbocycles. The Bertz CT molecular complexity index is 799. The van der Waals surface area contributed by atoms with Crippen LogP contribution in [-0.2, 0) is 10.0 Å². The van der Waals surface area contributed by atoms with E-state index in [1.165, 1.54) is 0 Å². The normalized spacial score (nSPS) is 11.6. The van der Waals surface area contributed by atoms with Crippen LogP contribution in [0.3, 0.4) is 0 Å². The lowest BCUT2D eigenvalue weighted by Gasteiger charge is -2.10. The zero-order valence-corrected chi connectivity index (χ0v) is 14.5. The second-order valence-electron chi connectivity index (χ2n) is 4.85. The zero-order chi connectivity index (χ0) is 16.9. The van der Waals surface area contributed by atoms with Gasteiger partial charge >= 0.3 is 0 Å². The molecule has 0 atom stereocenters. The minimum atomic E-state index is -3.31. The van der Waals surface area contributed by atoms with E-state index in [4.69, 9.17) is 16.3 Å². The Balaban J connectivity index is 2.30. The first-order valence-electron chi connectivity index (χ1n) is 7.05. The fraction of sp³-hybridized carbons (Fsp3) is 0.176. The largest absolute Gasteiger partial charge is 0.496 e. The van der Waals surface area contributed by atoms with Crippen molar-refractivity contribution in [2.45, 2.75) is 6.92 Å². The van der Waals surface area contributed by atoms with Crippen LogP contribution in [0.25, 0.3) is 12.2 Å². The topological polar surface area (TPSA) is 55.4 Å². The van der Waals surface area contributed by atoms with E-state index in [1.807, 2.05) is 36.4 Å². The van der Waals surface area contributed by atoms with E-state index in [0.717, 1.165) is 11.1 Å². The quantitative estimate of drug-likeness (QED) is 0.790. The molecule has 0 heterocycles. The number of nitrogens with one attached hydrogen (secondary N) is 1. The summed E-state index contributed by atoms with van der Waals surface area (Å²) in [6.45, 7) is 1.59. The van der Waals surface area contributed by atoms with Crippen molar-refractivity contribution in [3.8, 4) is 5.75 Å². The van der Waals surface area contributed by atoms with Crippen molar-refractivity contribution in [2.75, 3.05) is 17.6 Å². The maximum Gasteiger partial charge on any atom is 0.232 e. The Morgan fingerprint density at radius 1 is 1.13 bits per heavy atom. The lowest BCUT2D eigenvalue weighted by atomic mass is 10.1. The van der Waals surface area contributed by atoms with Crippen LogP contribution in [0, 0.1) is 0 Å². The summed E-state index contributed by atoms with van der Waals surface area (Å²) in [5.41, 5.74) is 2.26. The molecule has 0 aliphatic carbocycles. The van der Waals surface area contributed by atoms with Crippen LogP contribution in [0.2, 0.25) is 5.02 Å². The Hall–Kier alpha value is -1.98. The molecule has 4 nitrogen and oxygen atoms in total. The molecule has 2 aromatic rings. The monoisotopic (exact) mass is 351 g/mol. The number of ether oxygens (including phenoxy) is 1. The van der Waals surface area contributed by atoms with E-state index in [-0.39, 0.29) is 5.75 Å². The molecule has 0 amide bonds. The highest BCUT2D eigenvalue weighted by Gasteiger charge is 2.08. The van der Waals surface area contributed by atoms with Crippen molar-refractivity contribution in [1.29, 1.82) is 0 Å². The molecule has 0 radical (unpaired) electrons. The lowest BCUT2D eigenvalue weighted by molar-refractivity contribution is 0.414. The van der Waals surface area contributed by atoms with E-state index in [2.05, 4.69) is 4.72 Å².